The zero-order chi connectivity index (χ0) is 11.0. The van der Waals surface area contributed by atoms with Crippen LogP contribution >= 0.6 is 22.9 Å². The molecule has 1 aromatic heterocycles. The van der Waals surface area contributed by atoms with Gasteiger partial charge in [0.1, 0.15) is 10.6 Å². The van der Waals surface area contributed by atoms with Gasteiger partial charge in [-0.05, 0) is 6.92 Å². The number of hydrogen-bond acceptors (Lipinski definition) is 5. The van der Waals surface area contributed by atoms with Gasteiger partial charge in [-0.15, -0.1) is 11.3 Å². The quantitative estimate of drug-likeness (QED) is 0.591. The number of fused-ring (bicyclic) bond motifs is 1. The predicted octanol–water partition coefficient (Wildman–Crippen LogP) is 1.91. The van der Waals surface area contributed by atoms with Crippen molar-refractivity contribution in [1.82, 2.24) is 0 Å². The molecule has 0 bridgehead atoms. The van der Waals surface area contributed by atoms with Gasteiger partial charge >= 0.3 is 5.97 Å². The van der Waals surface area contributed by atoms with E-state index in [9.17, 15) is 9.59 Å². The fraction of sp³-hybridized carbons (Fsp3) is 0.333. The zero-order valence-electron chi connectivity index (χ0n) is 7.78. The molecule has 1 aliphatic rings. The van der Waals surface area contributed by atoms with E-state index in [4.69, 9.17) is 21.1 Å². The van der Waals surface area contributed by atoms with Crippen molar-refractivity contribution in [3.63, 3.8) is 0 Å². The Kier molecular flexibility index (Phi) is 2.67. The molecule has 4 nitrogen and oxygen atoms in total. The molecule has 6 heteroatoms. The molecule has 15 heavy (non-hydrogen) atoms. The Morgan fingerprint density at radius 2 is 2.47 bits per heavy atom. The minimum Gasteiger partial charge on any atom is -0.469 e. The molecule has 0 fully saturated rings. The van der Waals surface area contributed by atoms with E-state index >= 15 is 0 Å². The van der Waals surface area contributed by atoms with E-state index in [1.807, 2.05) is 0 Å². The number of rotatable bonds is 2. The van der Waals surface area contributed by atoms with Crippen LogP contribution in [-0.2, 0) is 9.53 Å². The zero-order valence-corrected chi connectivity index (χ0v) is 9.35. The maximum absolute atomic E-state index is 11.7. The molecule has 0 spiro atoms. The van der Waals surface area contributed by atoms with Crippen molar-refractivity contribution in [3.05, 3.63) is 15.3 Å². The van der Waals surface area contributed by atoms with E-state index in [0.29, 0.717) is 15.0 Å². The average molecular weight is 247 g/mol. The Morgan fingerprint density at radius 1 is 1.73 bits per heavy atom. The normalized spacial score (nSPS) is 18.5. The van der Waals surface area contributed by atoms with Crippen LogP contribution < -0.4 is 4.74 Å². The smallest absolute Gasteiger partial charge is 0.355 e. The fourth-order valence-electron chi connectivity index (χ4n) is 1.28. The highest BCUT2D eigenvalue weighted by Crippen LogP contribution is 2.39. The summed E-state index contributed by atoms with van der Waals surface area (Å²) in [5, 5.41) is 0. The van der Waals surface area contributed by atoms with Crippen molar-refractivity contribution in [3.8, 4) is 5.75 Å². The molecule has 0 saturated heterocycles. The van der Waals surface area contributed by atoms with Gasteiger partial charge in [0, 0.05) is 6.07 Å². The van der Waals surface area contributed by atoms with Gasteiger partial charge in [0.05, 0.1) is 10.9 Å². The Morgan fingerprint density at radius 3 is 3.07 bits per heavy atom. The molecule has 0 aliphatic carbocycles. The summed E-state index contributed by atoms with van der Waals surface area (Å²) in [4.78, 5) is 23.4. The van der Waals surface area contributed by atoms with Gasteiger partial charge in [0.15, 0.2) is 0 Å². The van der Waals surface area contributed by atoms with Crippen LogP contribution in [0.4, 0.5) is 0 Å². The monoisotopic (exact) mass is 246 g/mol. The Balaban J connectivity index is 2.20. The summed E-state index contributed by atoms with van der Waals surface area (Å²) in [5.74, 6) is -0.657. The number of carbonyl (C=O) groups is 2. The predicted molar refractivity (Wildman–Crippen MR) is 54.7 cm³/mol. The Hall–Kier alpha value is -1.07. The Labute approximate surface area is 94.7 Å². The lowest BCUT2D eigenvalue weighted by Crippen LogP contribution is -2.32. The first-order valence-electron chi connectivity index (χ1n) is 4.30. The fourth-order valence-corrected chi connectivity index (χ4v) is 2.38. The van der Waals surface area contributed by atoms with Crippen LogP contribution in [0.25, 0.3) is 0 Å². The molecule has 2 heterocycles. The summed E-state index contributed by atoms with van der Waals surface area (Å²) in [5.41, 5.74) is 0. The molecule has 0 radical (unpaired) electrons. The van der Waals surface area contributed by atoms with E-state index in [1.54, 1.807) is 6.92 Å². The van der Waals surface area contributed by atoms with Crippen molar-refractivity contribution < 1.29 is 19.1 Å². The largest absolute Gasteiger partial charge is 0.469 e. The van der Waals surface area contributed by atoms with Gasteiger partial charge in [-0.25, -0.2) is 4.79 Å². The standard InChI is InChI=1S/C9H7ClO4S/c1-2-13-9(12)7-6(11)8-4(14-7)3-5(10)15-8/h3,7H,2H2,1H3. The van der Waals surface area contributed by atoms with Crippen LogP contribution in [0.15, 0.2) is 6.07 Å². The highest BCUT2D eigenvalue weighted by molar-refractivity contribution is 7.18. The van der Waals surface area contributed by atoms with E-state index in [0.717, 1.165) is 11.3 Å². The second kappa shape index (κ2) is 3.83. The van der Waals surface area contributed by atoms with Crippen LogP contribution in [0.5, 0.6) is 5.75 Å². The maximum atomic E-state index is 11.7. The van der Waals surface area contributed by atoms with Crippen molar-refractivity contribution in [2.75, 3.05) is 6.61 Å². The highest BCUT2D eigenvalue weighted by atomic mass is 35.5. The number of carbonyl (C=O) groups excluding carboxylic acids is 2. The number of ketones is 1. The average Bonchev–Trinajstić information content (AvgIpc) is 2.66. The molecular weight excluding hydrogens is 240 g/mol. The van der Waals surface area contributed by atoms with Crippen LogP contribution in [0.3, 0.4) is 0 Å². The minimum absolute atomic E-state index is 0.223. The second-order valence-electron chi connectivity index (χ2n) is 2.86. The van der Waals surface area contributed by atoms with Gasteiger partial charge in [-0.2, -0.15) is 0 Å². The summed E-state index contributed by atoms with van der Waals surface area (Å²) >= 11 is 6.81. The molecule has 1 unspecified atom stereocenters. The van der Waals surface area contributed by atoms with Gasteiger partial charge in [-0.3, -0.25) is 4.79 Å². The van der Waals surface area contributed by atoms with Crippen molar-refractivity contribution in [2.24, 2.45) is 0 Å². The second-order valence-corrected chi connectivity index (χ2v) is 4.54. The van der Waals surface area contributed by atoms with E-state index in [2.05, 4.69) is 0 Å². The van der Waals surface area contributed by atoms with Crippen molar-refractivity contribution in [2.45, 2.75) is 13.0 Å². The third kappa shape index (κ3) is 1.72. The lowest BCUT2D eigenvalue weighted by Gasteiger charge is -2.07. The van der Waals surface area contributed by atoms with Gasteiger partial charge in [0.25, 0.3) is 6.10 Å². The molecule has 80 valence electrons. The summed E-state index contributed by atoms with van der Waals surface area (Å²) in [6.07, 6.45) is -1.15. The number of hydrogen-bond donors (Lipinski definition) is 0. The third-order valence-electron chi connectivity index (χ3n) is 1.88. The van der Waals surface area contributed by atoms with E-state index in [-0.39, 0.29) is 12.4 Å². The number of thiophene rings is 1. The summed E-state index contributed by atoms with van der Waals surface area (Å²) in [7, 11) is 0. The van der Waals surface area contributed by atoms with Gasteiger partial charge in [0.2, 0.25) is 5.78 Å². The Bertz CT molecular complexity index is 426. The first-order valence-corrected chi connectivity index (χ1v) is 5.49. The van der Waals surface area contributed by atoms with Crippen LogP contribution in [0.1, 0.15) is 16.6 Å². The van der Waals surface area contributed by atoms with Crippen LogP contribution in [0.2, 0.25) is 4.34 Å². The van der Waals surface area contributed by atoms with E-state index in [1.165, 1.54) is 6.07 Å². The topological polar surface area (TPSA) is 52.6 Å². The SMILES string of the molecule is CCOC(=O)C1Oc2cc(Cl)sc2C1=O. The molecule has 1 aromatic rings. The molecule has 0 aromatic carbocycles. The number of esters is 1. The van der Waals surface area contributed by atoms with Crippen LogP contribution in [-0.4, -0.2) is 24.5 Å². The summed E-state index contributed by atoms with van der Waals surface area (Å²) < 4.78 is 10.3. The van der Waals surface area contributed by atoms with Gasteiger partial charge in [-0.1, -0.05) is 11.6 Å². The van der Waals surface area contributed by atoms with Crippen LogP contribution in [0, 0.1) is 0 Å². The molecule has 1 aliphatic heterocycles. The molecule has 0 amide bonds. The lowest BCUT2D eigenvalue weighted by molar-refractivity contribution is -0.148. The van der Waals surface area contributed by atoms with Crippen molar-refractivity contribution in [1.29, 1.82) is 0 Å². The number of ether oxygens (including phenoxy) is 2. The summed E-state index contributed by atoms with van der Waals surface area (Å²) in [6, 6.07) is 1.53. The van der Waals surface area contributed by atoms with E-state index < -0.39 is 12.1 Å². The molecule has 1 atom stereocenters. The minimum atomic E-state index is -1.15. The number of Topliss-reactive ketones (excluding diaryl/α,β-unsaturated/α-hetero) is 1. The third-order valence-corrected chi connectivity index (χ3v) is 3.14. The lowest BCUT2D eigenvalue weighted by atomic mass is 10.2. The molecular formula is C9H7ClO4S. The molecule has 0 saturated carbocycles. The first kappa shape index (κ1) is 10.4. The maximum Gasteiger partial charge on any atom is 0.355 e. The molecule has 2 rings (SSSR count). The molecule has 0 N–H and O–H groups in total. The summed E-state index contributed by atoms with van der Waals surface area (Å²) in [6.45, 7) is 1.89. The van der Waals surface area contributed by atoms with Gasteiger partial charge < -0.3 is 9.47 Å². The highest BCUT2D eigenvalue weighted by Gasteiger charge is 2.40. The first-order chi connectivity index (χ1) is 7.13. The number of halogens is 1. The van der Waals surface area contributed by atoms with Crippen molar-refractivity contribution >= 4 is 34.7 Å².